The predicted octanol–water partition coefficient (Wildman–Crippen LogP) is 1.27. The number of aromatic nitrogens is 1. The lowest BCUT2D eigenvalue weighted by Crippen LogP contribution is -2.42. The molecule has 0 bridgehead atoms. The topological polar surface area (TPSA) is 31.1 Å². The molecule has 2 N–H and O–H groups in total. The smallest absolute Gasteiger partial charge is 0.169 e. The lowest BCUT2D eigenvalue weighted by Gasteiger charge is -2.29. The summed E-state index contributed by atoms with van der Waals surface area (Å²) in [6.45, 7) is 4.91. The normalized spacial score (nSPS) is 15.1. The molecule has 76 valence electrons. The van der Waals surface area contributed by atoms with Crippen LogP contribution in [0.3, 0.4) is 0 Å². The van der Waals surface area contributed by atoms with E-state index in [1.807, 2.05) is 6.20 Å². The Labute approximate surface area is 89.5 Å². The van der Waals surface area contributed by atoms with Gasteiger partial charge in [-0.1, -0.05) is 0 Å². The molecule has 3 nitrogen and oxygen atoms in total. The maximum atomic E-state index is 5.28. The summed E-state index contributed by atoms with van der Waals surface area (Å²) in [5, 5.41) is 4.06. The average molecular weight is 209 g/mol. The Morgan fingerprint density at radius 2 is 2.57 bits per heavy atom. The zero-order valence-electron chi connectivity index (χ0n) is 8.34. The van der Waals surface area contributed by atoms with Gasteiger partial charge < -0.3 is 15.2 Å². The van der Waals surface area contributed by atoms with Crippen molar-refractivity contribution in [3.8, 4) is 0 Å². The molecule has 0 unspecified atom stereocenters. The van der Waals surface area contributed by atoms with Crippen LogP contribution in [-0.2, 0) is 13.0 Å². The van der Waals surface area contributed by atoms with Gasteiger partial charge in [-0.05, 0) is 30.8 Å². The lowest BCUT2D eigenvalue weighted by atomic mass is 10.1. The lowest BCUT2D eigenvalue weighted by molar-refractivity contribution is 0.386. The van der Waals surface area contributed by atoms with Crippen molar-refractivity contribution in [3.63, 3.8) is 0 Å². The van der Waals surface area contributed by atoms with Crippen LogP contribution in [0.5, 0.6) is 0 Å². The second-order valence-corrected chi connectivity index (χ2v) is 3.88. The average Bonchev–Trinajstić information content (AvgIpc) is 2.64. The minimum Gasteiger partial charge on any atom is -0.365 e. The van der Waals surface area contributed by atoms with Gasteiger partial charge in [-0.3, -0.25) is 0 Å². The Bertz CT molecular complexity index is 332. The van der Waals surface area contributed by atoms with E-state index >= 15 is 0 Å². The van der Waals surface area contributed by atoms with Crippen molar-refractivity contribution in [1.82, 2.24) is 15.2 Å². The van der Waals surface area contributed by atoms with Crippen molar-refractivity contribution in [3.05, 3.63) is 23.5 Å². The molecule has 1 aromatic rings. The fourth-order valence-corrected chi connectivity index (χ4v) is 2.08. The van der Waals surface area contributed by atoms with Crippen molar-refractivity contribution in [2.45, 2.75) is 19.9 Å². The second-order valence-electron chi connectivity index (χ2n) is 3.49. The van der Waals surface area contributed by atoms with Gasteiger partial charge in [-0.15, -0.1) is 0 Å². The Morgan fingerprint density at radius 3 is 3.36 bits per heavy atom. The van der Waals surface area contributed by atoms with Crippen LogP contribution in [0.4, 0.5) is 0 Å². The highest BCUT2D eigenvalue weighted by Gasteiger charge is 2.18. The van der Waals surface area contributed by atoms with Gasteiger partial charge in [-0.25, -0.2) is 0 Å². The molecule has 0 spiro atoms. The number of nitrogens with one attached hydrogen (secondary N) is 2. The summed E-state index contributed by atoms with van der Waals surface area (Å²) in [7, 11) is 0. The number of nitrogens with zero attached hydrogens (tertiary/aromatic N) is 1. The van der Waals surface area contributed by atoms with E-state index in [2.05, 4.69) is 28.2 Å². The summed E-state index contributed by atoms with van der Waals surface area (Å²) in [5.41, 5.74) is 2.73. The molecule has 1 aromatic heterocycles. The molecule has 4 heteroatoms. The van der Waals surface area contributed by atoms with Gasteiger partial charge in [0.2, 0.25) is 0 Å². The molecule has 0 aromatic carbocycles. The third-order valence-corrected chi connectivity index (χ3v) is 2.94. The molecule has 0 saturated heterocycles. The van der Waals surface area contributed by atoms with Crippen molar-refractivity contribution < 1.29 is 0 Å². The van der Waals surface area contributed by atoms with Crippen LogP contribution in [0.15, 0.2) is 12.3 Å². The Morgan fingerprint density at radius 1 is 1.71 bits per heavy atom. The maximum Gasteiger partial charge on any atom is 0.169 e. The molecule has 0 radical (unpaired) electrons. The number of hydrogen-bond acceptors (Lipinski definition) is 1. The van der Waals surface area contributed by atoms with Crippen molar-refractivity contribution in [2.75, 3.05) is 13.1 Å². The largest absolute Gasteiger partial charge is 0.365 e. The van der Waals surface area contributed by atoms with Crippen LogP contribution in [-0.4, -0.2) is 28.1 Å². The number of rotatable bonds is 1. The number of hydrogen-bond donors (Lipinski definition) is 2. The molecular formula is C10H15N3S. The molecule has 0 amide bonds. The van der Waals surface area contributed by atoms with Crippen molar-refractivity contribution >= 4 is 17.3 Å². The molecule has 1 aliphatic rings. The molecular weight excluding hydrogens is 194 g/mol. The van der Waals surface area contributed by atoms with E-state index in [0.717, 1.165) is 31.2 Å². The number of H-pyrrole nitrogens is 1. The highest BCUT2D eigenvalue weighted by atomic mass is 32.1. The van der Waals surface area contributed by atoms with Crippen LogP contribution < -0.4 is 5.32 Å². The number of fused-ring (bicyclic) bond motifs is 1. The first-order valence-electron chi connectivity index (χ1n) is 4.99. The monoisotopic (exact) mass is 209 g/mol. The molecule has 0 atom stereocenters. The molecule has 0 aliphatic carbocycles. The summed E-state index contributed by atoms with van der Waals surface area (Å²) in [6.07, 6.45) is 3.07. The van der Waals surface area contributed by atoms with E-state index in [0.29, 0.717) is 0 Å². The Hall–Kier alpha value is -1.03. The molecule has 0 saturated carbocycles. The Kier molecular flexibility index (Phi) is 2.72. The Balaban J connectivity index is 2.04. The fourth-order valence-electron chi connectivity index (χ4n) is 1.78. The standard InChI is InChI=1S/C10H15N3S/c1-2-11-10(14)13-6-4-9-8(7-13)3-5-12-9/h3,5,12H,2,4,6-7H2,1H3,(H,11,14). The minimum absolute atomic E-state index is 0.874. The first-order valence-corrected chi connectivity index (χ1v) is 5.40. The summed E-state index contributed by atoms with van der Waals surface area (Å²) in [5.74, 6) is 0. The summed E-state index contributed by atoms with van der Waals surface area (Å²) >= 11 is 5.28. The molecule has 0 fully saturated rings. The predicted molar refractivity (Wildman–Crippen MR) is 61.2 cm³/mol. The highest BCUT2D eigenvalue weighted by molar-refractivity contribution is 7.80. The first kappa shape index (κ1) is 9.52. The van der Waals surface area contributed by atoms with Gasteiger partial charge in [0.1, 0.15) is 0 Å². The SMILES string of the molecule is CCNC(=S)N1CCc2[nH]ccc2C1. The molecule has 2 heterocycles. The maximum absolute atomic E-state index is 5.28. The quantitative estimate of drug-likeness (QED) is 0.683. The van der Waals surface area contributed by atoms with Gasteiger partial charge in [0.25, 0.3) is 0 Å². The molecule has 14 heavy (non-hydrogen) atoms. The van der Waals surface area contributed by atoms with Gasteiger partial charge in [0, 0.05) is 37.9 Å². The van der Waals surface area contributed by atoms with Crippen LogP contribution in [0, 0.1) is 0 Å². The highest BCUT2D eigenvalue weighted by Crippen LogP contribution is 2.16. The van der Waals surface area contributed by atoms with Crippen LogP contribution in [0.25, 0.3) is 0 Å². The third-order valence-electron chi connectivity index (χ3n) is 2.54. The number of aromatic amines is 1. The van der Waals surface area contributed by atoms with E-state index in [-0.39, 0.29) is 0 Å². The van der Waals surface area contributed by atoms with E-state index in [4.69, 9.17) is 12.2 Å². The fraction of sp³-hybridized carbons (Fsp3) is 0.500. The van der Waals surface area contributed by atoms with E-state index in [1.54, 1.807) is 0 Å². The zero-order chi connectivity index (χ0) is 9.97. The van der Waals surface area contributed by atoms with Gasteiger partial charge in [0.05, 0.1) is 0 Å². The van der Waals surface area contributed by atoms with Gasteiger partial charge in [0.15, 0.2) is 5.11 Å². The van der Waals surface area contributed by atoms with E-state index in [9.17, 15) is 0 Å². The first-order chi connectivity index (χ1) is 6.81. The summed E-state index contributed by atoms with van der Waals surface area (Å²) < 4.78 is 0. The minimum atomic E-state index is 0.874. The van der Waals surface area contributed by atoms with Gasteiger partial charge >= 0.3 is 0 Å². The van der Waals surface area contributed by atoms with Crippen LogP contribution >= 0.6 is 12.2 Å². The van der Waals surface area contributed by atoms with Crippen molar-refractivity contribution in [1.29, 1.82) is 0 Å². The van der Waals surface area contributed by atoms with Crippen LogP contribution in [0.2, 0.25) is 0 Å². The van der Waals surface area contributed by atoms with Crippen molar-refractivity contribution in [2.24, 2.45) is 0 Å². The molecule has 1 aliphatic heterocycles. The van der Waals surface area contributed by atoms with E-state index < -0.39 is 0 Å². The summed E-state index contributed by atoms with van der Waals surface area (Å²) in [6, 6.07) is 2.13. The van der Waals surface area contributed by atoms with Gasteiger partial charge in [-0.2, -0.15) is 0 Å². The van der Waals surface area contributed by atoms with E-state index in [1.165, 1.54) is 11.3 Å². The van der Waals surface area contributed by atoms with Crippen LogP contribution in [0.1, 0.15) is 18.2 Å². The third kappa shape index (κ3) is 1.75. The summed E-state index contributed by atoms with van der Waals surface area (Å²) in [4.78, 5) is 5.48. The number of thiocarbonyl (C=S) groups is 1. The second kappa shape index (κ2) is 4.00. The molecule has 2 rings (SSSR count). The zero-order valence-corrected chi connectivity index (χ0v) is 9.16.